The summed E-state index contributed by atoms with van der Waals surface area (Å²) in [7, 11) is 1.62. The number of para-hydroxylation sites is 2. The Balaban J connectivity index is 1.59. The van der Waals surface area contributed by atoms with Crippen LogP contribution in [0.15, 0.2) is 49.2 Å². The van der Waals surface area contributed by atoms with Crippen LogP contribution in [-0.4, -0.2) is 43.8 Å². The molecule has 128 valence electrons. The lowest BCUT2D eigenvalue weighted by Gasteiger charge is -2.19. The zero-order valence-corrected chi connectivity index (χ0v) is 14.0. The third-order valence-corrected chi connectivity index (χ3v) is 4.43. The summed E-state index contributed by atoms with van der Waals surface area (Å²) in [5.41, 5.74) is 2.43. The average molecular weight is 337 g/mol. The molecule has 0 aliphatic carbocycles. The van der Waals surface area contributed by atoms with Gasteiger partial charge in [0.2, 0.25) is 0 Å². The predicted molar refractivity (Wildman–Crippen MR) is 91.7 cm³/mol. The van der Waals surface area contributed by atoms with Crippen molar-refractivity contribution in [3.63, 3.8) is 0 Å². The van der Waals surface area contributed by atoms with Crippen molar-refractivity contribution in [2.45, 2.75) is 19.5 Å². The van der Waals surface area contributed by atoms with Crippen molar-refractivity contribution in [1.29, 1.82) is 0 Å². The molecule has 0 saturated heterocycles. The maximum atomic E-state index is 12.9. The largest absolute Gasteiger partial charge is 0.494 e. The number of benzene rings is 1. The number of carbonyl (C=O) groups is 1. The minimum atomic E-state index is -0.0178. The van der Waals surface area contributed by atoms with Gasteiger partial charge < -0.3 is 14.2 Å². The number of ether oxygens (including phenoxy) is 1. The maximum absolute atomic E-state index is 12.9. The van der Waals surface area contributed by atoms with Crippen molar-refractivity contribution in [2.24, 2.45) is 0 Å². The molecule has 25 heavy (non-hydrogen) atoms. The normalized spacial score (nSPS) is 14.0. The Morgan fingerprint density at radius 1 is 1.20 bits per heavy atom. The van der Waals surface area contributed by atoms with Crippen LogP contribution in [0.3, 0.4) is 0 Å². The zero-order valence-electron chi connectivity index (χ0n) is 14.0. The van der Waals surface area contributed by atoms with E-state index in [2.05, 4.69) is 14.6 Å². The predicted octanol–water partition coefficient (Wildman–Crippen LogP) is 2.12. The third-order valence-electron chi connectivity index (χ3n) is 4.43. The van der Waals surface area contributed by atoms with E-state index in [0.29, 0.717) is 17.9 Å². The number of carbonyl (C=O) groups excluding carboxylic acids is 1. The highest BCUT2D eigenvalue weighted by Crippen LogP contribution is 2.22. The lowest BCUT2D eigenvalue weighted by atomic mass is 10.2. The number of aryl methyl sites for hydroxylation is 1. The number of methoxy groups -OCH3 is 1. The molecule has 0 unspecified atom stereocenters. The van der Waals surface area contributed by atoms with Gasteiger partial charge in [0.25, 0.3) is 5.91 Å². The molecular formula is C18H19N5O2. The summed E-state index contributed by atoms with van der Waals surface area (Å²) in [5, 5.41) is 4.34. The summed E-state index contributed by atoms with van der Waals surface area (Å²) in [6, 6.07) is 7.59. The van der Waals surface area contributed by atoms with Gasteiger partial charge in [-0.1, -0.05) is 12.1 Å². The van der Waals surface area contributed by atoms with E-state index in [4.69, 9.17) is 4.74 Å². The fourth-order valence-corrected chi connectivity index (χ4v) is 3.13. The SMILES string of the molecule is COc1ccccc1-n1cc(C(=O)N2CCCn3cncc3C2)cn1. The molecule has 0 bridgehead atoms. The number of hydrogen-bond acceptors (Lipinski definition) is 4. The Morgan fingerprint density at radius 2 is 2.08 bits per heavy atom. The smallest absolute Gasteiger partial charge is 0.257 e. The van der Waals surface area contributed by atoms with Gasteiger partial charge in [-0.2, -0.15) is 5.10 Å². The highest BCUT2D eigenvalue weighted by atomic mass is 16.5. The summed E-state index contributed by atoms with van der Waals surface area (Å²) in [6.07, 6.45) is 7.92. The van der Waals surface area contributed by atoms with E-state index in [1.807, 2.05) is 41.7 Å². The molecule has 0 radical (unpaired) electrons. The molecule has 7 heteroatoms. The van der Waals surface area contributed by atoms with Gasteiger partial charge in [0.15, 0.2) is 0 Å². The van der Waals surface area contributed by atoms with E-state index in [0.717, 1.165) is 30.9 Å². The summed E-state index contributed by atoms with van der Waals surface area (Å²) in [5.74, 6) is 0.694. The quantitative estimate of drug-likeness (QED) is 0.734. The van der Waals surface area contributed by atoms with Crippen LogP contribution in [0.1, 0.15) is 22.5 Å². The number of fused-ring (bicyclic) bond motifs is 1. The molecule has 3 aromatic rings. The van der Waals surface area contributed by atoms with E-state index in [1.54, 1.807) is 24.2 Å². The molecule has 1 aromatic carbocycles. The molecule has 1 aliphatic heterocycles. The van der Waals surface area contributed by atoms with Gasteiger partial charge in [-0.3, -0.25) is 4.79 Å². The van der Waals surface area contributed by atoms with E-state index in [1.165, 1.54) is 0 Å². The van der Waals surface area contributed by atoms with Gasteiger partial charge in [0.1, 0.15) is 11.4 Å². The summed E-state index contributed by atoms with van der Waals surface area (Å²) >= 11 is 0. The summed E-state index contributed by atoms with van der Waals surface area (Å²) < 4.78 is 9.14. The fourth-order valence-electron chi connectivity index (χ4n) is 3.13. The molecule has 0 fully saturated rings. The van der Waals surface area contributed by atoms with E-state index >= 15 is 0 Å². The zero-order chi connectivity index (χ0) is 17.2. The molecule has 0 spiro atoms. The van der Waals surface area contributed by atoms with Crippen molar-refractivity contribution in [1.82, 2.24) is 24.2 Å². The van der Waals surface area contributed by atoms with Gasteiger partial charge in [0.05, 0.1) is 37.4 Å². The van der Waals surface area contributed by atoms with Crippen molar-refractivity contribution in [2.75, 3.05) is 13.7 Å². The summed E-state index contributed by atoms with van der Waals surface area (Å²) in [4.78, 5) is 18.9. The first-order valence-corrected chi connectivity index (χ1v) is 8.22. The standard InChI is InChI=1S/C18H19N5O2/c1-25-17-6-3-2-5-16(17)23-11-14(9-20-23)18(24)21-7-4-8-22-13-19-10-15(22)12-21/h2-3,5-6,9-11,13H,4,7-8,12H2,1H3. The fraction of sp³-hybridized carbons (Fsp3) is 0.278. The van der Waals surface area contributed by atoms with Crippen LogP contribution < -0.4 is 4.74 Å². The maximum Gasteiger partial charge on any atom is 0.257 e. The second kappa shape index (κ2) is 6.43. The van der Waals surface area contributed by atoms with Crippen LogP contribution in [0.5, 0.6) is 5.75 Å². The Kier molecular flexibility index (Phi) is 3.97. The lowest BCUT2D eigenvalue weighted by molar-refractivity contribution is 0.0745. The third kappa shape index (κ3) is 2.88. The van der Waals surface area contributed by atoms with Gasteiger partial charge in [-0.15, -0.1) is 0 Å². The molecule has 1 aliphatic rings. The second-order valence-electron chi connectivity index (χ2n) is 6.00. The number of nitrogens with zero attached hydrogens (tertiary/aromatic N) is 5. The first kappa shape index (κ1) is 15.4. The van der Waals surface area contributed by atoms with Crippen LogP contribution >= 0.6 is 0 Å². The topological polar surface area (TPSA) is 65.2 Å². The Bertz CT molecular complexity index is 898. The van der Waals surface area contributed by atoms with Crippen LogP contribution in [0.25, 0.3) is 5.69 Å². The van der Waals surface area contributed by atoms with Gasteiger partial charge in [-0.25, -0.2) is 9.67 Å². The molecule has 4 rings (SSSR count). The van der Waals surface area contributed by atoms with Gasteiger partial charge in [0, 0.05) is 25.5 Å². The monoisotopic (exact) mass is 337 g/mol. The van der Waals surface area contributed by atoms with Crippen molar-refractivity contribution in [3.05, 3.63) is 60.4 Å². The number of imidazole rings is 1. The van der Waals surface area contributed by atoms with Gasteiger partial charge in [-0.05, 0) is 18.6 Å². The summed E-state index contributed by atoms with van der Waals surface area (Å²) in [6.45, 7) is 2.18. The van der Waals surface area contributed by atoms with Crippen LogP contribution in [0, 0.1) is 0 Å². The minimum absolute atomic E-state index is 0.0178. The van der Waals surface area contributed by atoms with Crippen LogP contribution in [0.2, 0.25) is 0 Å². The Labute approximate surface area is 145 Å². The second-order valence-corrected chi connectivity index (χ2v) is 6.00. The molecule has 0 saturated carbocycles. The molecular weight excluding hydrogens is 318 g/mol. The minimum Gasteiger partial charge on any atom is -0.494 e. The van der Waals surface area contributed by atoms with Crippen molar-refractivity contribution < 1.29 is 9.53 Å². The van der Waals surface area contributed by atoms with Crippen molar-refractivity contribution in [3.8, 4) is 11.4 Å². The van der Waals surface area contributed by atoms with Crippen LogP contribution in [0.4, 0.5) is 0 Å². The van der Waals surface area contributed by atoms with E-state index in [-0.39, 0.29) is 5.91 Å². The Morgan fingerprint density at radius 3 is 2.96 bits per heavy atom. The molecule has 0 atom stereocenters. The van der Waals surface area contributed by atoms with Crippen molar-refractivity contribution >= 4 is 5.91 Å². The number of aromatic nitrogens is 4. The number of rotatable bonds is 3. The van der Waals surface area contributed by atoms with E-state index < -0.39 is 0 Å². The van der Waals surface area contributed by atoms with Gasteiger partial charge >= 0.3 is 0 Å². The molecule has 0 N–H and O–H groups in total. The highest BCUT2D eigenvalue weighted by Gasteiger charge is 2.22. The first-order valence-electron chi connectivity index (χ1n) is 8.22. The molecule has 2 aromatic heterocycles. The Hall–Kier alpha value is -3.09. The molecule has 7 nitrogen and oxygen atoms in total. The molecule has 3 heterocycles. The molecule has 1 amide bonds. The number of amides is 1. The average Bonchev–Trinajstić information content (AvgIpc) is 3.26. The van der Waals surface area contributed by atoms with E-state index in [9.17, 15) is 4.79 Å². The number of hydrogen-bond donors (Lipinski definition) is 0. The first-order chi connectivity index (χ1) is 12.3. The lowest BCUT2D eigenvalue weighted by Crippen LogP contribution is -2.30. The highest BCUT2D eigenvalue weighted by molar-refractivity contribution is 5.93. The van der Waals surface area contributed by atoms with Crippen LogP contribution in [-0.2, 0) is 13.1 Å².